The third-order valence-electron chi connectivity index (χ3n) is 2.58. The van der Waals surface area contributed by atoms with Crippen LogP contribution in [0.25, 0.3) is 0 Å². The van der Waals surface area contributed by atoms with E-state index in [0.29, 0.717) is 6.54 Å². The SMILES string of the molecule is Cc1ccc(CCNC(=O)Nc2cccs2)cc1. The standard InChI is InChI=1S/C14H16N2OS/c1-11-4-6-12(7-5-11)8-9-15-14(17)16-13-3-2-10-18-13/h2-7,10H,8-9H2,1H3,(H2,15,16,17). The second kappa shape index (κ2) is 6.21. The highest BCUT2D eigenvalue weighted by molar-refractivity contribution is 7.14. The lowest BCUT2D eigenvalue weighted by Gasteiger charge is -2.06. The smallest absolute Gasteiger partial charge is 0.319 e. The zero-order valence-electron chi connectivity index (χ0n) is 10.3. The molecule has 4 heteroatoms. The molecule has 3 nitrogen and oxygen atoms in total. The van der Waals surface area contributed by atoms with Crippen LogP contribution in [0, 0.1) is 6.92 Å². The van der Waals surface area contributed by atoms with Crippen LogP contribution in [0.3, 0.4) is 0 Å². The Kier molecular flexibility index (Phi) is 4.36. The number of amides is 2. The van der Waals surface area contributed by atoms with Gasteiger partial charge in [0.15, 0.2) is 0 Å². The Bertz CT molecular complexity index is 491. The molecule has 0 radical (unpaired) electrons. The minimum Gasteiger partial charge on any atom is -0.338 e. The van der Waals surface area contributed by atoms with Crippen molar-refractivity contribution >= 4 is 22.4 Å². The fourth-order valence-electron chi connectivity index (χ4n) is 1.58. The zero-order valence-corrected chi connectivity index (χ0v) is 11.1. The third kappa shape index (κ3) is 3.89. The van der Waals surface area contributed by atoms with E-state index in [-0.39, 0.29) is 6.03 Å². The van der Waals surface area contributed by atoms with Crippen molar-refractivity contribution in [2.45, 2.75) is 13.3 Å². The number of carbonyl (C=O) groups is 1. The summed E-state index contributed by atoms with van der Waals surface area (Å²) < 4.78 is 0. The molecule has 0 aliphatic heterocycles. The topological polar surface area (TPSA) is 41.1 Å². The molecule has 1 aromatic carbocycles. The molecule has 0 saturated heterocycles. The lowest BCUT2D eigenvalue weighted by Crippen LogP contribution is -2.30. The number of rotatable bonds is 4. The average Bonchev–Trinajstić information content (AvgIpc) is 2.84. The van der Waals surface area contributed by atoms with Gasteiger partial charge >= 0.3 is 6.03 Å². The molecule has 0 aliphatic rings. The van der Waals surface area contributed by atoms with Gasteiger partial charge in [-0.05, 0) is 36.4 Å². The number of nitrogens with one attached hydrogen (secondary N) is 2. The quantitative estimate of drug-likeness (QED) is 0.869. The van der Waals surface area contributed by atoms with Crippen molar-refractivity contribution in [3.8, 4) is 0 Å². The van der Waals surface area contributed by atoms with Gasteiger partial charge in [0.2, 0.25) is 0 Å². The van der Waals surface area contributed by atoms with E-state index in [9.17, 15) is 4.79 Å². The van der Waals surface area contributed by atoms with Crippen LogP contribution in [-0.4, -0.2) is 12.6 Å². The van der Waals surface area contributed by atoms with Crippen LogP contribution in [0.4, 0.5) is 9.80 Å². The monoisotopic (exact) mass is 260 g/mol. The van der Waals surface area contributed by atoms with Crippen molar-refractivity contribution in [2.75, 3.05) is 11.9 Å². The van der Waals surface area contributed by atoms with Crippen LogP contribution < -0.4 is 10.6 Å². The first-order chi connectivity index (χ1) is 8.74. The summed E-state index contributed by atoms with van der Waals surface area (Å²) in [7, 11) is 0. The van der Waals surface area contributed by atoms with E-state index >= 15 is 0 Å². The molecule has 1 heterocycles. The summed E-state index contributed by atoms with van der Waals surface area (Å²) in [4.78, 5) is 11.5. The minimum atomic E-state index is -0.149. The van der Waals surface area contributed by atoms with Gasteiger partial charge in [-0.25, -0.2) is 4.79 Å². The highest BCUT2D eigenvalue weighted by atomic mass is 32.1. The maximum Gasteiger partial charge on any atom is 0.319 e. The van der Waals surface area contributed by atoms with Crippen molar-refractivity contribution in [1.29, 1.82) is 0 Å². The molecule has 2 N–H and O–H groups in total. The molecule has 1 aromatic heterocycles. The molecular weight excluding hydrogens is 244 g/mol. The van der Waals surface area contributed by atoms with Crippen LogP contribution in [0.5, 0.6) is 0 Å². The van der Waals surface area contributed by atoms with Crippen LogP contribution in [0.2, 0.25) is 0 Å². The van der Waals surface area contributed by atoms with Gasteiger partial charge in [-0.3, -0.25) is 5.32 Å². The molecule has 2 amide bonds. The van der Waals surface area contributed by atoms with E-state index in [1.54, 1.807) is 0 Å². The van der Waals surface area contributed by atoms with E-state index in [1.807, 2.05) is 17.5 Å². The fourth-order valence-corrected chi connectivity index (χ4v) is 2.19. The second-order valence-corrected chi connectivity index (χ2v) is 5.04. The summed E-state index contributed by atoms with van der Waals surface area (Å²) in [6.45, 7) is 2.71. The predicted octanol–water partition coefficient (Wildman–Crippen LogP) is 3.42. The number of anilines is 1. The fraction of sp³-hybridized carbons (Fsp3) is 0.214. The molecular formula is C14H16N2OS. The van der Waals surface area contributed by atoms with Gasteiger partial charge in [-0.2, -0.15) is 0 Å². The summed E-state index contributed by atoms with van der Waals surface area (Å²) in [5, 5.41) is 8.42. The van der Waals surface area contributed by atoms with E-state index in [1.165, 1.54) is 22.5 Å². The molecule has 0 aliphatic carbocycles. The third-order valence-corrected chi connectivity index (χ3v) is 3.36. The first-order valence-corrected chi connectivity index (χ1v) is 6.76. The van der Waals surface area contributed by atoms with Gasteiger partial charge in [0.1, 0.15) is 0 Å². The number of benzene rings is 1. The molecule has 94 valence electrons. The zero-order chi connectivity index (χ0) is 12.8. The molecule has 2 rings (SSSR count). The second-order valence-electron chi connectivity index (χ2n) is 4.09. The van der Waals surface area contributed by atoms with E-state index in [4.69, 9.17) is 0 Å². The summed E-state index contributed by atoms with van der Waals surface area (Å²) in [6, 6.07) is 12.0. The summed E-state index contributed by atoms with van der Waals surface area (Å²) in [5.41, 5.74) is 2.49. The normalized spacial score (nSPS) is 10.1. The van der Waals surface area contributed by atoms with Gasteiger partial charge in [-0.15, -0.1) is 11.3 Å². The van der Waals surface area contributed by atoms with Crippen molar-refractivity contribution in [1.82, 2.24) is 5.32 Å². The number of carbonyl (C=O) groups excluding carboxylic acids is 1. The van der Waals surface area contributed by atoms with Crippen LogP contribution >= 0.6 is 11.3 Å². The Morgan fingerprint density at radius 3 is 2.67 bits per heavy atom. The molecule has 0 bridgehead atoms. The van der Waals surface area contributed by atoms with Gasteiger partial charge in [0.25, 0.3) is 0 Å². The Morgan fingerprint density at radius 1 is 1.22 bits per heavy atom. The molecule has 0 fully saturated rings. The van der Waals surface area contributed by atoms with E-state index in [0.717, 1.165) is 11.4 Å². The van der Waals surface area contributed by atoms with Gasteiger partial charge < -0.3 is 5.32 Å². The Morgan fingerprint density at radius 2 is 2.00 bits per heavy atom. The number of urea groups is 1. The van der Waals surface area contributed by atoms with Crippen molar-refractivity contribution in [3.63, 3.8) is 0 Å². The minimum absolute atomic E-state index is 0.149. The molecule has 2 aromatic rings. The van der Waals surface area contributed by atoms with Gasteiger partial charge in [0, 0.05) is 6.54 Å². The van der Waals surface area contributed by atoms with Crippen molar-refractivity contribution < 1.29 is 4.79 Å². The summed E-state index contributed by atoms with van der Waals surface area (Å²) >= 11 is 1.51. The predicted molar refractivity (Wildman–Crippen MR) is 76.2 cm³/mol. The number of aryl methyl sites for hydroxylation is 1. The highest BCUT2D eigenvalue weighted by Crippen LogP contribution is 2.14. The molecule has 18 heavy (non-hydrogen) atoms. The molecule has 0 saturated carbocycles. The summed E-state index contributed by atoms with van der Waals surface area (Å²) in [5.74, 6) is 0. The lowest BCUT2D eigenvalue weighted by molar-refractivity contribution is 0.252. The van der Waals surface area contributed by atoms with Crippen LogP contribution in [0.1, 0.15) is 11.1 Å². The van der Waals surface area contributed by atoms with Crippen LogP contribution in [0.15, 0.2) is 41.8 Å². The Labute approximate surface area is 111 Å². The number of hydrogen-bond acceptors (Lipinski definition) is 2. The highest BCUT2D eigenvalue weighted by Gasteiger charge is 2.01. The maximum absolute atomic E-state index is 11.5. The first kappa shape index (κ1) is 12.6. The van der Waals surface area contributed by atoms with Gasteiger partial charge in [0.05, 0.1) is 5.00 Å². The Hall–Kier alpha value is -1.81. The van der Waals surface area contributed by atoms with Crippen molar-refractivity contribution in [3.05, 3.63) is 52.9 Å². The number of hydrogen-bond donors (Lipinski definition) is 2. The van der Waals surface area contributed by atoms with Gasteiger partial charge in [-0.1, -0.05) is 29.8 Å². The van der Waals surface area contributed by atoms with Crippen LogP contribution in [-0.2, 0) is 6.42 Å². The van der Waals surface area contributed by atoms with E-state index < -0.39 is 0 Å². The lowest BCUT2D eigenvalue weighted by atomic mass is 10.1. The van der Waals surface area contributed by atoms with Crippen molar-refractivity contribution in [2.24, 2.45) is 0 Å². The molecule has 0 spiro atoms. The number of thiophene rings is 1. The average molecular weight is 260 g/mol. The maximum atomic E-state index is 11.5. The molecule has 0 unspecified atom stereocenters. The molecule has 0 atom stereocenters. The largest absolute Gasteiger partial charge is 0.338 e. The first-order valence-electron chi connectivity index (χ1n) is 5.88. The summed E-state index contributed by atoms with van der Waals surface area (Å²) in [6.07, 6.45) is 0.845. The Balaban J connectivity index is 1.72. The van der Waals surface area contributed by atoms with E-state index in [2.05, 4.69) is 41.8 Å².